The van der Waals surface area contributed by atoms with Gasteiger partial charge in [0, 0.05) is 19.6 Å². The number of nitrogens with one attached hydrogen (secondary N) is 3. The van der Waals surface area contributed by atoms with Crippen molar-refractivity contribution in [2.45, 2.75) is 45.7 Å². The lowest BCUT2D eigenvalue weighted by molar-refractivity contribution is -0.125. The largest absolute Gasteiger partial charge is 0.357 e. The van der Waals surface area contributed by atoms with Gasteiger partial charge in [0.25, 0.3) is 5.91 Å². The molecule has 26 heavy (non-hydrogen) atoms. The number of likely N-dealkylation sites (tertiary alicyclic amines) is 1. The Kier molecular flexibility index (Phi) is 5.10. The third kappa shape index (κ3) is 3.63. The predicted octanol–water partition coefficient (Wildman–Crippen LogP) is 0.154. The van der Waals surface area contributed by atoms with Gasteiger partial charge in [-0.2, -0.15) is 4.98 Å². The molecule has 2 fully saturated rings. The smallest absolute Gasteiger partial charge is 0.322 e. The van der Waals surface area contributed by atoms with Crippen LogP contribution in [0, 0.1) is 12.8 Å². The van der Waals surface area contributed by atoms with Crippen molar-refractivity contribution < 1.29 is 14.1 Å². The molecular weight excluding hydrogens is 338 g/mol. The van der Waals surface area contributed by atoms with Crippen LogP contribution in [0.3, 0.4) is 0 Å². The van der Waals surface area contributed by atoms with Crippen LogP contribution in [0.4, 0.5) is 4.79 Å². The third-order valence-corrected chi connectivity index (χ3v) is 4.95. The van der Waals surface area contributed by atoms with Gasteiger partial charge < -0.3 is 20.1 Å². The van der Waals surface area contributed by atoms with Crippen LogP contribution in [0.25, 0.3) is 0 Å². The summed E-state index contributed by atoms with van der Waals surface area (Å²) >= 11 is 0. The maximum absolute atomic E-state index is 12.1. The van der Waals surface area contributed by atoms with Crippen LogP contribution in [-0.4, -0.2) is 58.1 Å². The van der Waals surface area contributed by atoms with Crippen molar-refractivity contribution in [3.63, 3.8) is 0 Å². The molecule has 2 aliphatic rings. The number of rotatable bonds is 4. The van der Waals surface area contributed by atoms with Gasteiger partial charge in [-0.15, -0.1) is 0 Å². The van der Waals surface area contributed by atoms with Crippen molar-refractivity contribution in [1.82, 2.24) is 31.0 Å². The minimum absolute atomic E-state index is 0.0895. The summed E-state index contributed by atoms with van der Waals surface area (Å²) in [5.41, 5.74) is -0.833. The number of urea groups is 1. The van der Waals surface area contributed by atoms with E-state index in [1.165, 1.54) is 0 Å². The van der Waals surface area contributed by atoms with Crippen molar-refractivity contribution in [3.05, 3.63) is 11.7 Å². The average molecular weight is 363 g/mol. The molecule has 0 saturated carbocycles. The van der Waals surface area contributed by atoms with Crippen LogP contribution < -0.4 is 16.0 Å². The first-order valence-electron chi connectivity index (χ1n) is 8.88. The molecule has 10 heteroatoms. The Balaban J connectivity index is 1.62. The Labute approximate surface area is 151 Å². The fourth-order valence-corrected chi connectivity index (χ4v) is 3.49. The van der Waals surface area contributed by atoms with E-state index in [9.17, 15) is 9.59 Å². The lowest BCUT2D eigenvalue weighted by atomic mass is 9.79. The number of piperidine rings is 1. The van der Waals surface area contributed by atoms with Gasteiger partial charge in [-0.05, 0) is 39.5 Å². The van der Waals surface area contributed by atoms with Crippen molar-refractivity contribution in [2.24, 2.45) is 10.9 Å². The first-order valence-corrected chi connectivity index (χ1v) is 8.88. The Morgan fingerprint density at radius 2 is 2.15 bits per heavy atom. The van der Waals surface area contributed by atoms with Crippen LogP contribution in [-0.2, 0) is 11.3 Å². The molecule has 3 amide bonds. The van der Waals surface area contributed by atoms with E-state index in [1.807, 2.05) is 6.92 Å². The van der Waals surface area contributed by atoms with Gasteiger partial charge >= 0.3 is 6.03 Å². The van der Waals surface area contributed by atoms with E-state index in [2.05, 4.69) is 36.0 Å². The molecule has 1 atom stereocenters. The summed E-state index contributed by atoms with van der Waals surface area (Å²) in [5, 5.41) is 12.2. The van der Waals surface area contributed by atoms with Gasteiger partial charge in [-0.1, -0.05) is 5.16 Å². The van der Waals surface area contributed by atoms with Gasteiger partial charge in [-0.3, -0.25) is 10.1 Å². The summed E-state index contributed by atoms with van der Waals surface area (Å²) < 4.78 is 5.10. The molecule has 3 rings (SSSR count). The van der Waals surface area contributed by atoms with E-state index < -0.39 is 11.6 Å². The molecule has 3 heterocycles. The molecule has 1 aromatic rings. The van der Waals surface area contributed by atoms with Crippen LogP contribution >= 0.6 is 0 Å². The maximum atomic E-state index is 12.1. The molecule has 0 aromatic carbocycles. The SMILES string of the molecule is CCNC(=NCc1nc(C)no1)N1CCC(C2(C)NC(=O)NC2=O)CC1. The van der Waals surface area contributed by atoms with Crippen LogP contribution in [0.2, 0.25) is 0 Å². The lowest BCUT2D eigenvalue weighted by Gasteiger charge is -2.39. The van der Waals surface area contributed by atoms with Gasteiger partial charge in [-0.25, -0.2) is 9.79 Å². The monoisotopic (exact) mass is 363 g/mol. The third-order valence-electron chi connectivity index (χ3n) is 4.95. The number of carbonyl (C=O) groups is 2. The molecule has 3 N–H and O–H groups in total. The van der Waals surface area contributed by atoms with E-state index >= 15 is 0 Å². The number of imide groups is 1. The van der Waals surface area contributed by atoms with Crippen LogP contribution in [0.1, 0.15) is 38.4 Å². The minimum atomic E-state index is -0.833. The quantitative estimate of drug-likeness (QED) is 0.395. The number of hydrogen-bond donors (Lipinski definition) is 3. The number of carbonyl (C=O) groups excluding carboxylic acids is 2. The molecule has 2 saturated heterocycles. The Hall–Kier alpha value is -2.65. The summed E-state index contributed by atoms with van der Waals surface area (Å²) in [6.07, 6.45) is 1.57. The van der Waals surface area contributed by atoms with Gasteiger partial charge in [0.1, 0.15) is 12.1 Å². The van der Waals surface area contributed by atoms with E-state index in [4.69, 9.17) is 4.52 Å². The highest BCUT2D eigenvalue weighted by Crippen LogP contribution is 2.30. The van der Waals surface area contributed by atoms with Crippen molar-refractivity contribution in [2.75, 3.05) is 19.6 Å². The minimum Gasteiger partial charge on any atom is -0.357 e. The number of amides is 3. The Morgan fingerprint density at radius 3 is 2.69 bits per heavy atom. The fourth-order valence-electron chi connectivity index (χ4n) is 3.49. The summed E-state index contributed by atoms with van der Waals surface area (Å²) in [5.74, 6) is 1.70. The number of guanidine groups is 1. The van der Waals surface area contributed by atoms with Crippen LogP contribution in [0.5, 0.6) is 0 Å². The molecule has 1 aromatic heterocycles. The highest BCUT2D eigenvalue weighted by Gasteiger charge is 2.48. The van der Waals surface area contributed by atoms with E-state index in [0.717, 1.165) is 38.4 Å². The molecule has 0 aliphatic carbocycles. The summed E-state index contributed by atoms with van der Waals surface area (Å²) in [7, 11) is 0. The van der Waals surface area contributed by atoms with E-state index in [-0.39, 0.29) is 11.8 Å². The summed E-state index contributed by atoms with van der Waals surface area (Å²) in [6.45, 7) is 8.14. The molecule has 2 aliphatic heterocycles. The number of aryl methyl sites for hydroxylation is 1. The molecule has 0 radical (unpaired) electrons. The first-order chi connectivity index (χ1) is 12.4. The highest BCUT2D eigenvalue weighted by molar-refractivity contribution is 6.07. The van der Waals surface area contributed by atoms with Crippen molar-refractivity contribution in [1.29, 1.82) is 0 Å². The second-order valence-electron chi connectivity index (χ2n) is 6.78. The predicted molar refractivity (Wildman–Crippen MR) is 93.2 cm³/mol. The second-order valence-corrected chi connectivity index (χ2v) is 6.78. The maximum Gasteiger partial charge on any atom is 0.322 e. The van der Waals surface area contributed by atoms with E-state index in [0.29, 0.717) is 18.3 Å². The number of nitrogens with zero attached hydrogens (tertiary/aromatic N) is 4. The summed E-state index contributed by atoms with van der Waals surface area (Å²) in [4.78, 5) is 34.5. The zero-order valence-corrected chi connectivity index (χ0v) is 15.3. The van der Waals surface area contributed by atoms with Gasteiger partial charge in [0.15, 0.2) is 11.8 Å². The Morgan fingerprint density at radius 1 is 1.42 bits per heavy atom. The second kappa shape index (κ2) is 7.30. The number of aromatic nitrogens is 2. The standard InChI is InChI=1S/C16H25N7O3/c1-4-17-14(18-9-12-19-10(2)22-26-12)23-7-5-11(6-8-23)16(3)13(24)20-15(25)21-16/h11H,4-9H2,1-3H3,(H,17,18)(H2,20,21,24,25). The first kappa shape index (κ1) is 18.2. The Bertz CT molecular complexity index is 708. The van der Waals surface area contributed by atoms with Gasteiger partial charge in [0.05, 0.1) is 0 Å². The van der Waals surface area contributed by atoms with Gasteiger partial charge in [0.2, 0.25) is 5.89 Å². The van der Waals surface area contributed by atoms with Crippen molar-refractivity contribution >= 4 is 17.9 Å². The van der Waals surface area contributed by atoms with Crippen LogP contribution in [0.15, 0.2) is 9.52 Å². The average Bonchev–Trinajstić information content (AvgIpc) is 3.14. The molecular formula is C16H25N7O3. The molecule has 0 spiro atoms. The normalized spacial score (nSPS) is 24.6. The summed E-state index contributed by atoms with van der Waals surface area (Å²) in [6, 6.07) is -0.412. The molecule has 142 valence electrons. The zero-order chi connectivity index (χ0) is 18.7. The topological polar surface area (TPSA) is 125 Å². The lowest BCUT2D eigenvalue weighted by Crippen LogP contribution is -2.55. The number of aliphatic imine (C=N–C) groups is 1. The number of hydrogen-bond acceptors (Lipinski definition) is 6. The highest BCUT2D eigenvalue weighted by atomic mass is 16.5. The van der Waals surface area contributed by atoms with Crippen molar-refractivity contribution in [3.8, 4) is 0 Å². The van der Waals surface area contributed by atoms with E-state index in [1.54, 1.807) is 13.8 Å². The zero-order valence-electron chi connectivity index (χ0n) is 15.3. The molecule has 1 unspecified atom stereocenters. The molecule has 10 nitrogen and oxygen atoms in total. The fraction of sp³-hybridized carbons (Fsp3) is 0.688. The molecule has 0 bridgehead atoms.